The summed E-state index contributed by atoms with van der Waals surface area (Å²) in [4.78, 5) is 0. The van der Waals surface area contributed by atoms with Crippen LogP contribution >= 0.6 is 15.9 Å². The fourth-order valence-electron chi connectivity index (χ4n) is 1.90. The summed E-state index contributed by atoms with van der Waals surface area (Å²) in [6.45, 7) is 0. The zero-order valence-electron chi connectivity index (χ0n) is 9.64. The second-order valence-electron chi connectivity index (χ2n) is 3.98. The van der Waals surface area contributed by atoms with Gasteiger partial charge >= 0.3 is 6.18 Å². The first kappa shape index (κ1) is 14.1. The minimum atomic E-state index is -4.44. The van der Waals surface area contributed by atoms with Crippen LogP contribution in [0.25, 0.3) is 11.1 Å². The lowest BCUT2D eigenvalue weighted by Gasteiger charge is -2.15. The minimum absolute atomic E-state index is 0.0597. The van der Waals surface area contributed by atoms with E-state index in [0.717, 1.165) is 12.1 Å². The van der Waals surface area contributed by atoms with Crippen LogP contribution in [0.3, 0.4) is 0 Å². The summed E-state index contributed by atoms with van der Waals surface area (Å²) in [6.07, 6.45) is -4.44. The Morgan fingerprint density at radius 2 is 1.63 bits per heavy atom. The number of hydrogen-bond acceptors (Lipinski definition) is 0. The van der Waals surface area contributed by atoms with E-state index >= 15 is 0 Å². The van der Waals surface area contributed by atoms with Gasteiger partial charge in [0.1, 0.15) is 5.82 Å². The SMILES string of the molecule is Fc1ccc(-c2ccccc2C(F)(F)F)c(CBr)c1. The predicted molar refractivity (Wildman–Crippen MR) is 69.5 cm³/mol. The topological polar surface area (TPSA) is 0 Å². The number of benzene rings is 2. The third-order valence-corrected chi connectivity index (χ3v) is 3.34. The largest absolute Gasteiger partial charge is 0.417 e. The molecule has 0 spiro atoms. The van der Waals surface area contributed by atoms with Crippen LogP contribution in [-0.4, -0.2) is 0 Å². The summed E-state index contributed by atoms with van der Waals surface area (Å²) < 4.78 is 52.0. The summed E-state index contributed by atoms with van der Waals surface area (Å²) >= 11 is 3.17. The van der Waals surface area contributed by atoms with Gasteiger partial charge in [-0.15, -0.1) is 0 Å². The molecule has 2 aromatic carbocycles. The van der Waals surface area contributed by atoms with Crippen molar-refractivity contribution in [2.24, 2.45) is 0 Å². The third-order valence-electron chi connectivity index (χ3n) is 2.73. The molecule has 2 rings (SSSR count). The first-order valence-electron chi connectivity index (χ1n) is 5.44. The van der Waals surface area contributed by atoms with Gasteiger partial charge in [0.2, 0.25) is 0 Å². The van der Waals surface area contributed by atoms with E-state index in [4.69, 9.17) is 0 Å². The molecule has 0 nitrogen and oxygen atoms in total. The summed E-state index contributed by atoms with van der Waals surface area (Å²) in [5, 5.41) is 0.284. The second-order valence-corrected chi connectivity index (χ2v) is 4.54. The van der Waals surface area contributed by atoms with Crippen LogP contribution in [0.5, 0.6) is 0 Å². The van der Waals surface area contributed by atoms with Gasteiger partial charge in [-0.25, -0.2) is 4.39 Å². The lowest BCUT2D eigenvalue weighted by molar-refractivity contribution is -0.137. The molecule has 0 saturated heterocycles. The van der Waals surface area contributed by atoms with Crippen LogP contribution in [0.4, 0.5) is 17.6 Å². The highest BCUT2D eigenvalue weighted by Crippen LogP contribution is 2.38. The molecule has 0 fully saturated rings. The standard InChI is InChI=1S/C14H9BrF4/c15-8-9-7-10(16)5-6-11(9)12-3-1-2-4-13(12)14(17,18)19/h1-7H,8H2. The van der Waals surface area contributed by atoms with Crippen LogP contribution in [0.15, 0.2) is 42.5 Å². The third kappa shape index (κ3) is 2.97. The van der Waals surface area contributed by atoms with Crippen LogP contribution < -0.4 is 0 Å². The van der Waals surface area contributed by atoms with Gasteiger partial charge in [0.05, 0.1) is 5.56 Å². The molecule has 0 heterocycles. The lowest BCUT2D eigenvalue weighted by atomic mass is 9.95. The van der Waals surface area contributed by atoms with Crippen molar-refractivity contribution >= 4 is 15.9 Å². The summed E-state index contributed by atoms with van der Waals surface area (Å²) in [5.74, 6) is -0.470. The van der Waals surface area contributed by atoms with Crippen LogP contribution in [0.2, 0.25) is 0 Å². The zero-order valence-corrected chi connectivity index (χ0v) is 11.2. The monoisotopic (exact) mass is 332 g/mol. The van der Waals surface area contributed by atoms with Crippen molar-refractivity contribution in [3.05, 3.63) is 59.4 Å². The molecule has 0 aromatic heterocycles. The van der Waals surface area contributed by atoms with E-state index in [1.54, 1.807) is 0 Å². The molecule has 0 amide bonds. The average molecular weight is 333 g/mol. The fraction of sp³-hybridized carbons (Fsp3) is 0.143. The highest BCUT2D eigenvalue weighted by Gasteiger charge is 2.33. The molecule has 0 bridgehead atoms. The Morgan fingerprint density at radius 3 is 2.26 bits per heavy atom. The molecule has 0 atom stereocenters. The Balaban J connectivity index is 2.66. The van der Waals surface area contributed by atoms with Crippen molar-refractivity contribution in [2.75, 3.05) is 0 Å². The minimum Gasteiger partial charge on any atom is -0.207 e. The van der Waals surface area contributed by atoms with Gasteiger partial charge < -0.3 is 0 Å². The van der Waals surface area contributed by atoms with Gasteiger partial charge in [-0.2, -0.15) is 13.2 Å². The maximum absolute atomic E-state index is 13.1. The van der Waals surface area contributed by atoms with Crippen molar-refractivity contribution in [3.63, 3.8) is 0 Å². The molecule has 0 unspecified atom stereocenters. The van der Waals surface area contributed by atoms with E-state index in [1.807, 2.05) is 0 Å². The Bertz CT molecular complexity index is 590. The van der Waals surface area contributed by atoms with Crippen molar-refractivity contribution < 1.29 is 17.6 Å². The first-order valence-corrected chi connectivity index (χ1v) is 6.56. The van der Waals surface area contributed by atoms with Crippen molar-refractivity contribution in [1.82, 2.24) is 0 Å². The van der Waals surface area contributed by atoms with E-state index < -0.39 is 17.6 Å². The Kier molecular flexibility index (Phi) is 3.94. The van der Waals surface area contributed by atoms with Crippen LogP contribution in [0, 0.1) is 5.82 Å². The van der Waals surface area contributed by atoms with E-state index in [-0.39, 0.29) is 10.9 Å². The van der Waals surface area contributed by atoms with E-state index in [9.17, 15) is 17.6 Å². The van der Waals surface area contributed by atoms with Crippen molar-refractivity contribution in [1.29, 1.82) is 0 Å². The average Bonchev–Trinajstić information content (AvgIpc) is 2.37. The number of alkyl halides is 4. The van der Waals surface area contributed by atoms with Gasteiger partial charge in [0.25, 0.3) is 0 Å². The van der Waals surface area contributed by atoms with Gasteiger partial charge in [0.15, 0.2) is 0 Å². The quantitative estimate of drug-likeness (QED) is 0.509. The Morgan fingerprint density at radius 1 is 0.947 bits per heavy atom. The smallest absolute Gasteiger partial charge is 0.207 e. The van der Waals surface area contributed by atoms with Crippen LogP contribution in [-0.2, 0) is 11.5 Å². The molecular weight excluding hydrogens is 324 g/mol. The highest BCUT2D eigenvalue weighted by atomic mass is 79.9. The van der Waals surface area contributed by atoms with E-state index in [1.165, 1.54) is 30.3 Å². The van der Waals surface area contributed by atoms with Crippen molar-refractivity contribution in [3.8, 4) is 11.1 Å². The highest BCUT2D eigenvalue weighted by molar-refractivity contribution is 9.08. The summed E-state index contributed by atoms with van der Waals surface area (Å²) in [5.41, 5.74) is 0.205. The number of hydrogen-bond donors (Lipinski definition) is 0. The lowest BCUT2D eigenvalue weighted by Crippen LogP contribution is -2.07. The molecule has 0 aliphatic rings. The normalized spacial score (nSPS) is 11.6. The number of halogens is 5. The molecule has 19 heavy (non-hydrogen) atoms. The molecule has 100 valence electrons. The van der Waals surface area contributed by atoms with E-state index in [2.05, 4.69) is 15.9 Å². The molecule has 0 radical (unpaired) electrons. The zero-order chi connectivity index (χ0) is 14.0. The maximum atomic E-state index is 13.1. The van der Waals surface area contributed by atoms with Gasteiger partial charge in [0, 0.05) is 5.33 Å². The van der Waals surface area contributed by atoms with Gasteiger partial charge in [-0.1, -0.05) is 40.2 Å². The summed E-state index contributed by atoms with van der Waals surface area (Å²) in [7, 11) is 0. The van der Waals surface area contributed by atoms with Crippen LogP contribution in [0.1, 0.15) is 11.1 Å². The number of rotatable bonds is 2. The maximum Gasteiger partial charge on any atom is 0.417 e. The van der Waals surface area contributed by atoms with Gasteiger partial charge in [-0.05, 0) is 34.9 Å². The van der Waals surface area contributed by atoms with E-state index in [0.29, 0.717) is 11.1 Å². The summed E-state index contributed by atoms with van der Waals surface area (Å²) in [6, 6.07) is 9.05. The first-order chi connectivity index (χ1) is 8.93. The predicted octanol–water partition coefficient (Wildman–Crippen LogP) is 5.41. The molecule has 0 aliphatic heterocycles. The second kappa shape index (κ2) is 5.33. The molecular formula is C14H9BrF4. The van der Waals surface area contributed by atoms with Crippen molar-refractivity contribution in [2.45, 2.75) is 11.5 Å². The molecule has 0 saturated carbocycles. The molecule has 5 heteroatoms. The molecule has 0 aliphatic carbocycles. The molecule has 2 aromatic rings. The Labute approximate surface area is 116 Å². The molecule has 0 N–H and O–H groups in total. The fourth-order valence-corrected chi connectivity index (χ4v) is 2.36. The van der Waals surface area contributed by atoms with Gasteiger partial charge in [-0.3, -0.25) is 0 Å². The Hall–Kier alpha value is -1.36.